The molecule has 0 bridgehead atoms. The van der Waals surface area contributed by atoms with E-state index in [0.717, 1.165) is 0 Å². The van der Waals surface area contributed by atoms with Crippen molar-refractivity contribution in [2.45, 2.75) is 6.54 Å². The van der Waals surface area contributed by atoms with Crippen LogP contribution in [0.25, 0.3) is 0 Å². The highest BCUT2D eigenvalue weighted by Gasteiger charge is 2.20. The Morgan fingerprint density at radius 3 is 2.80 bits per heavy atom. The summed E-state index contributed by atoms with van der Waals surface area (Å²) in [4.78, 5) is 21.6. The highest BCUT2D eigenvalue weighted by Crippen LogP contribution is 2.22. The van der Waals surface area contributed by atoms with Crippen LogP contribution in [0, 0.1) is 10.1 Å². The molecule has 0 aliphatic heterocycles. The maximum Gasteiger partial charge on any atom is 0.408 e. The van der Waals surface area contributed by atoms with Gasteiger partial charge in [-0.2, -0.15) is 4.68 Å². The first-order chi connectivity index (χ1) is 9.52. The monoisotopic (exact) mass is 295 g/mol. The van der Waals surface area contributed by atoms with Crippen LogP contribution in [0.15, 0.2) is 30.5 Å². The normalized spacial score (nSPS) is 10.3. The standard InChI is InChI=1S/C12H10ClN3O4/c1-20-12(17)9-5-3-2-4-8(9)6-15-7-10(13)11(14-15)16(18)19/h2-5,7H,6H2,1H3. The maximum absolute atomic E-state index is 11.6. The van der Waals surface area contributed by atoms with Gasteiger partial charge in [-0.25, -0.2) is 4.79 Å². The number of rotatable bonds is 4. The zero-order chi connectivity index (χ0) is 14.7. The third-order valence-corrected chi connectivity index (χ3v) is 2.89. The summed E-state index contributed by atoms with van der Waals surface area (Å²) < 4.78 is 5.99. The largest absolute Gasteiger partial charge is 0.465 e. The number of benzene rings is 1. The number of aromatic nitrogens is 2. The fraction of sp³-hybridized carbons (Fsp3) is 0.167. The molecule has 2 aromatic rings. The van der Waals surface area contributed by atoms with Crippen LogP contribution in [-0.4, -0.2) is 27.8 Å². The molecule has 0 radical (unpaired) electrons. The molecule has 0 spiro atoms. The summed E-state index contributed by atoms with van der Waals surface area (Å²) in [5.41, 5.74) is 1.01. The van der Waals surface area contributed by atoms with Gasteiger partial charge in [0, 0.05) is 0 Å². The van der Waals surface area contributed by atoms with E-state index in [1.165, 1.54) is 18.0 Å². The van der Waals surface area contributed by atoms with E-state index in [9.17, 15) is 14.9 Å². The van der Waals surface area contributed by atoms with Gasteiger partial charge in [0.1, 0.15) is 0 Å². The molecule has 20 heavy (non-hydrogen) atoms. The molecule has 0 amide bonds. The first kappa shape index (κ1) is 14.0. The number of nitro groups is 1. The molecule has 0 aliphatic carbocycles. The Hall–Kier alpha value is -2.41. The second kappa shape index (κ2) is 5.70. The van der Waals surface area contributed by atoms with Crippen LogP contribution in [0.4, 0.5) is 5.82 Å². The summed E-state index contributed by atoms with van der Waals surface area (Å²) in [5, 5.41) is 14.4. The van der Waals surface area contributed by atoms with Crippen molar-refractivity contribution in [1.82, 2.24) is 9.78 Å². The van der Waals surface area contributed by atoms with Crippen molar-refractivity contribution in [3.63, 3.8) is 0 Å². The van der Waals surface area contributed by atoms with E-state index in [1.54, 1.807) is 24.3 Å². The van der Waals surface area contributed by atoms with Gasteiger partial charge in [-0.15, -0.1) is 0 Å². The molecule has 0 saturated carbocycles. The lowest BCUT2D eigenvalue weighted by Crippen LogP contribution is -2.09. The predicted octanol–water partition coefficient (Wildman–Crippen LogP) is 2.28. The molecule has 0 unspecified atom stereocenters. The van der Waals surface area contributed by atoms with E-state index in [0.29, 0.717) is 11.1 Å². The van der Waals surface area contributed by atoms with Gasteiger partial charge in [0.25, 0.3) is 0 Å². The van der Waals surface area contributed by atoms with Gasteiger partial charge in [-0.3, -0.25) is 0 Å². The Morgan fingerprint density at radius 2 is 2.20 bits per heavy atom. The fourth-order valence-corrected chi connectivity index (χ4v) is 1.95. The molecule has 2 rings (SSSR count). The average Bonchev–Trinajstić information content (AvgIpc) is 2.79. The highest BCUT2D eigenvalue weighted by atomic mass is 35.5. The van der Waals surface area contributed by atoms with Crippen molar-refractivity contribution in [3.8, 4) is 0 Å². The van der Waals surface area contributed by atoms with Gasteiger partial charge < -0.3 is 14.9 Å². The summed E-state index contributed by atoms with van der Waals surface area (Å²) in [6.45, 7) is 0.179. The van der Waals surface area contributed by atoms with Crippen LogP contribution in [0.3, 0.4) is 0 Å². The zero-order valence-electron chi connectivity index (χ0n) is 10.4. The lowest BCUT2D eigenvalue weighted by molar-refractivity contribution is -0.389. The zero-order valence-corrected chi connectivity index (χ0v) is 11.2. The Labute approximate surface area is 118 Å². The number of ether oxygens (including phenoxy) is 1. The van der Waals surface area contributed by atoms with Gasteiger partial charge in [0.2, 0.25) is 0 Å². The number of nitrogens with zero attached hydrogens (tertiary/aromatic N) is 3. The minimum atomic E-state index is -0.662. The third kappa shape index (κ3) is 2.77. The molecule has 1 heterocycles. The van der Waals surface area contributed by atoms with E-state index in [4.69, 9.17) is 11.6 Å². The average molecular weight is 296 g/mol. The van der Waals surface area contributed by atoms with Gasteiger partial charge in [0.15, 0.2) is 5.02 Å². The quantitative estimate of drug-likeness (QED) is 0.490. The van der Waals surface area contributed by atoms with Crippen molar-refractivity contribution in [1.29, 1.82) is 0 Å². The molecule has 0 N–H and O–H groups in total. The summed E-state index contributed by atoms with van der Waals surface area (Å²) >= 11 is 5.72. The summed E-state index contributed by atoms with van der Waals surface area (Å²) in [6.07, 6.45) is 1.34. The Balaban J connectivity index is 2.33. The minimum absolute atomic E-state index is 0.0504. The lowest BCUT2D eigenvalue weighted by atomic mass is 10.1. The molecule has 1 aromatic heterocycles. The van der Waals surface area contributed by atoms with Gasteiger partial charge in [0.05, 0.1) is 30.5 Å². The van der Waals surface area contributed by atoms with E-state index in [1.807, 2.05) is 0 Å². The molecule has 0 atom stereocenters. The number of hydrogen-bond donors (Lipinski definition) is 0. The molecule has 1 aromatic carbocycles. The minimum Gasteiger partial charge on any atom is -0.465 e. The number of carbonyl (C=O) groups excluding carboxylic acids is 1. The Morgan fingerprint density at radius 1 is 1.50 bits per heavy atom. The molecule has 0 aliphatic rings. The van der Waals surface area contributed by atoms with Gasteiger partial charge >= 0.3 is 11.8 Å². The summed E-state index contributed by atoms with van der Waals surface area (Å²) in [7, 11) is 1.29. The fourth-order valence-electron chi connectivity index (χ4n) is 1.73. The van der Waals surface area contributed by atoms with Crippen LogP contribution < -0.4 is 0 Å². The number of methoxy groups -OCH3 is 1. The lowest BCUT2D eigenvalue weighted by Gasteiger charge is -2.05. The van der Waals surface area contributed by atoms with Crippen molar-refractivity contribution < 1.29 is 14.5 Å². The molecule has 8 heteroatoms. The smallest absolute Gasteiger partial charge is 0.408 e. The third-order valence-electron chi connectivity index (χ3n) is 2.63. The van der Waals surface area contributed by atoms with Crippen LogP contribution in [0.5, 0.6) is 0 Å². The highest BCUT2D eigenvalue weighted by molar-refractivity contribution is 6.32. The van der Waals surface area contributed by atoms with Crippen molar-refractivity contribution in [2.75, 3.05) is 7.11 Å². The van der Waals surface area contributed by atoms with Crippen LogP contribution >= 0.6 is 11.6 Å². The number of carbonyl (C=O) groups is 1. The first-order valence-electron chi connectivity index (χ1n) is 5.56. The van der Waals surface area contributed by atoms with Crippen molar-refractivity contribution in [2.24, 2.45) is 0 Å². The SMILES string of the molecule is COC(=O)c1ccccc1Cn1cc(Cl)c([N+](=O)[O-])n1. The van der Waals surface area contributed by atoms with Crippen LogP contribution in [0.1, 0.15) is 15.9 Å². The molecular weight excluding hydrogens is 286 g/mol. The van der Waals surface area contributed by atoms with Crippen molar-refractivity contribution in [3.05, 3.63) is 56.7 Å². The molecule has 7 nitrogen and oxygen atoms in total. The Bertz CT molecular complexity index is 668. The molecular formula is C12H10ClN3O4. The predicted molar refractivity (Wildman–Crippen MR) is 70.8 cm³/mol. The van der Waals surface area contributed by atoms with Crippen LogP contribution in [0.2, 0.25) is 5.02 Å². The first-order valence-corrected chi connectivity index (χ1v) is 5.94. The maximum atomic E-state index is 11.6. The van der Waals surface area contributed by atoms with E-state index < -0.39 is 16.7 Å². The van der Waals surface area contributed by atoms with Crippen molar-refractivity contribution >= 4 is 23.4 Å². The topological polar surface area (TPSA) is 87.3 Å². The van der Waals surface area contributed by atoms with Gasteiger partial charge in [-0.05, 0) is 16.6 Å². The van der Waals surface area contributed by atoms with E-state index in [2.05, 4.69) is 9.84 Å². The molecule has 104 valence electrons. The second-order valence-electron chi connectivity index (χ2n) is 3.90. The second-order valence-corrected chi connectivity index (χ2v) is 4.31. The number of hydrogen-bond acceptors (Lipinski definition) is 5. The van der Waals surface area contributed by atoms with E-state index >= 15 is 0 Å². The molecule has 0 fully saturated rings. The Kier molecular flexibility index (Phi) is 3.99. The summed E-state index contributed by atoms with van der Waals surface area (Å²) in [6, 6.07) is 6.78. The van der Waals surface area contributed by atoms with Crippen LogP contribution in [-0.2, 0) is 11.3 Å². The molecule has 0 saturated heterocycles. The van der Waals surface area contributed by atoms with Gasteiger partial charge in [-0.1, -0.05) is 29.8 Å². The number of esters is 1. The number of halogens is 1. The van der Waals surface area contributed by atoms with E-state index in [-0.39, 0.29) is 11.6 Å². The summed E-state index contributed by atoms with van der Waals surface area (Å²) in [5.74, 6) is -0.893.